The van der Waals surface area contributed by atoms with Gasteiger partial charge in [0.25, 0.3) is 0 Å². The topological polar surface area (TPSA) is 47.6 Å². The molecule has 0 aliphatic carbocycles. The fraction of sp³-hybridized carbons (Fsp3) is 0.812. The standard InChI is InChI=1S/C16H33NO3Si/c1-12(2)13(17-14(18)20-15(3,4)5)11-19-21(9,10)16(6,7)8/h13H,1,11H2,2-10H3,(H,17,18)/t13-/m0/s1. The molecule has 0 saturated carbocycles. The summed E-state index contributed by atoms with van der Waals surface area (Å²) < 4.78 is 11.4. The van der Waals surface area contributed by atoms with E-state index >= 15 is 0 Å². The molecular formula is C16H33NO3Si. The highest BCUT2D eigenvalue weighted by Crippen LogP contribution is 2.36. The molecule has 0 spiro atoms. The van der Waals surface area contributed by atoms with Gasteiger partial charge < -0.3 is 14.5 Å². The van der Waals surface area contributed by atoms with Gasteiger partial charge in [-0.15, -0.1) is 0 Å². The summed E-state index contributed by atoms with van der Waals surface area (Å²) >= 11 is 0. The normalized spacial score (nSPS) is 14.5. The summed E-state index contributed by atoms with van der Waals surface area (Å²) in [6.07, 6.45) is -0.436. The summed E-state index contributed by atoms with van der Waals surface area (Å²) in [5.74, 6) is 0. The molecule has 0 radical (unpaired) electrons. The Morgan fingerprint density at radius 3 is 2.00 bits per heavy atom. The molecule has 0 aromatic heterocycles. The first-order valence-electron chi connectivity index (χ1n) is 7.44. The van der Waals surface area contributed by atoms with Crippen LogP contribution in [0.2, 0.25) is 18.1 Å². The Kier molecular flexibility index (Phi) is 6.69. The molecule has 1 atom stereocenters. The highest BCUT2D eigenvalue weighted by atomic mass is 28.4. The van der Waals surface area contributed by atoms with Gasteiger partial charge in [0.1, 0.15) is 5.60 Å². The van der Waals surface area contributed by atoms with Crippen LogP contribution in [0.4, 0.5) is 4.79 Å². The third-order valence-electron chi connectivity index (χ3n) is 3.70. The molecule has 0 bridgehead atoms. The number of carbonyl (C=O) groups is 1. The zero-order valence-corrected chi connectivity index (χ0v) is 16.2. The number of hydrogen-bond acceptors (Lipinski definition) is 3. The van der Waals surface area contributed by atoms with Crippen LogP contribution in [-0.4, -0.2) is 32.7 Å². The van der Waals surface area contributed by atoms with Crippen molar-refractivity contribution in [3.8, 4) is 0 Å². The molecule has 1 N–H and O–H groups in total. The maximum Gasteiger partial charge on any atom is 0.408 e. The van der Waals surface area contributed by atoms with Gasteiger partial charge in [-0.25, -0.2) is 4.79 Å². The van der Waals surface area contributed by atoms with Crippen molar-refractivity contribution in [3.05, 3.63) is 12.2 Å². The van der Waals surface area contributed by atoms with Crippen LogP contribution < -0.4 is 5.32 Å². The highest BCUT2D eigenvalue weighted by molar-refractivity contribution is 6.74. The van der Waals surface area contributed by atoms with Crippen molar-refractivity contribution in [2.45, 2.75) is 78.2 Å². The van der Waals surface area contributed by atoms with Crippen molar-refractivity contribution >= 4 is 14.4 Å². The van der Waals surface area contributed by atoms with Crippen LogP contribution in [0, 0.1) is 0 Å². The van der Waals surface area contributed by atoms with Crippen molar-refractivity contribution in [1.29, 1.82) is 0 Å². The second-order valence-corrected chi connectivity index (χ2v) is 12.9. The summed E-state index contributed by atoms with van der Waals surface area (Å²) in [4.78, 5) is 11.9. The molecule has 124 valence electrons. The van der Waals surface area contributed by atoms with Gasteiger partial charge in [-0.2, -0.15) is 0 Å². The minimum Gasteiger partial charge on any atom is -0.444 e. The van der Waals surface area contributed by atoms with Crippen molar-refractivity contribution in [2.75, 3.05) is 6.61 Å². The van der Waals surface area contributed by atoms with Crippen LogP contribution >= 0.6 is 0 Å². The monoisotopic (exact) mass is 315 g/mol. The van der Waals surface area contributed by atoms with Gasteiger partial charge in [0.2, 0.25) is 0 Å². The molecule has 0 saturated heterocycles. The molecule has 21 heavy (non-hydrogen) atoms. The predicted octanol–water partition coefficient (Wildman–Crippen LogP) is 4.48. The Morgan fingerprint density at radius 2 is 1.67 bits per heavy atom. The largest absolute Gasteiger partial charge is 0.444 e. The first kappa shape index (κ1) is 20.2. The van der Waals surface area contributed by atoms with E-state index in [-0.39, 0.29) is 11.1 Å². The second kappa shape index (κ2) is 6.96. The second-order valence-electron chi connectivity index (χ2n) is 8.12. The number of hydrogen-bond donors (Lipinski definition) is 1. The van der Waals surface area contributed by atoms with Gasteiger partial charge in [0.05, 0.1) is 12.6 Å². The maximum atomic E-state index is 11.9. The number of alkyl carbamates (subject to hydrolysis) is 1. The SMILES string of the molecule is C=C(C)[C@H](CO[Si](C)(C)C(C)(C)C)NC(=O)OC(C)(C)C. The molecule has 0 heterocycles. The van der Waals surface area contributed by atoms with Crippen molar-refractivity contribution < 1.29 is 14.0 Å². The molecule has 0 aliphatic rings. The zero-order chi connectivity index (χ0) is 17.1. The molecule has 5 heteroatoms. The van der Waals surface area contributed by atoms with Gasteiger partial charge >= 0.3 is 6.09 Å². The highest BCUT2D eigenvalue weighted by Gasteiger charge is 2.37. The zero-order valence-electron chi connectivity index (χ0n) is 15.2. The Balaban J connectivity index is 4.67. The summed E-state index contributed by atoms with van der Waals surface area (Å²) in [5, 5.41) is 2.97. The van der Waals surface area contributed by atoms with Crippen molar-refractivity contribution in [1.82, 2.24) is 5.32 Å². The van der Waals surface area contributed by atoms with Crippen LogP contribution in [0.3, 0.4) is 0 Å². The number of amides is 1. The lowest BCUT2D eigenvalue weighted by Gasteiger charge is -2.37. The average Bonchev–Trinajstić information content (AvgIpc) is 2.19. The smallest absolute Gasteiger partial charge is 0.408 e. The summed E-state index contributed by atoms with van der Waals surface area (Å²) in [7, 11) is -1.84. The molecule has 0 fully saturated rings. The van der Waals surface area contributed by atoms with Crippen LogP contribution in [0.5, 0.6) is 0 Å². The fourth-order valence-electron chi connectivity index (χ4n) is 1.27. The lowest BCUT2D eigenvalue weighted by atomic mass is 10.1. The van der Waals surface area contributed by atoms with Gasteiger partial charge in [-0.1, -0.05) is 32.9 Å². The molecule has 1 amide bonds. The van der Waals surface area contributed by atoms with Crippen molar-refractivity contribution in [2.24, 2.45) is 0 Å². The van der Waals surface area contributed by atoms with Gasteiger partial charge in [0, 0.05) is 0 Å². The number of carbonyl (C=O) groups excluding carboxylic acids is 1. The van der Waals surface area contributed by atoms with E-state index in [9.17, 15) is 4.79 Å². The minimum atomic E-state index is -1.84. The Hall–Kier alpha value is -0.813. The quantitative estimate of drug-likeness (QED) is 0.601. The first-order chi connectivity index (χ1) is 9.16. The van der Waals surface area contributed by atoms with E-state index in [1.165, 1.54) is 0 Å². The molecule has 0 aliphatic heterocycles. The van der Waals surface area contributed by atoms with Crippen molar-refractivity contribution in [3.63, 3.8) is 0 Å². The van der Waals surface area contributed by atoms with E-state index in [1.807, 2.05) is 27.7 Å². The molecule has 0 rings (SSSR count). The summed E-state index contributed by atoms with van der Waals surface area (Å²) in [6.45, 7) is 22.7. The molecule has 0 unspecified atom stereocenters. The van der Waals surface area contributed by atoms with Crippen LogP contribution in [0.1, 0.15) is 48.5 Å². The third kappa shape index (κ3) is 7.67. The summed E-state index contributed by atoms with van der Waals surface area (Å²) in [5.41, 5.74) is 0.351. The average molecular weight is 316 g/mol. The number of rotatable bonds is 5. The maximum absolute atomic E-state index is 11.9. The van der Waals surface area contributed by atoms with E-state index in [1.54, 1.807) is 0 Å². The van der Waals surface area contributed by atoms with Gasteiger partial charge in [-0.3, -0.25) is 0 Å². The van der Waals surface area contributed by atoms with Gasteiger partial charge in [0.15, 0.2) is 8.32 Å². The molecule has 0 aromatic rings. The lowest BCUT2D eigenvalue weighted by molar-refractivity contribution is 0.0496. The summed E-state index contributed by atoms with van der Waals surface area (Å²) in [6, 6.07) is -0.228. The van der Waals surface area contributed by atoms with E-state index in [4.69, 9.17) is 9.16 Å². The Bertz CT molecular complexity index is 378. The molecular weight excluding hydrogens is 282 g/mol. The first-order valence-corrected chi connectivity index (χ1v) is 10.4. The van der Waals surface area contributed by atoms with Crippen LogP contribution in [0.25, 0.3) is 0 Å². The van der Waals surface area contributed by atoms with E-state index in [2.05, 4.69) is 45.8 Å². The number of nitrogens with one attached hydrogen (secondary N) is 1. The molecule has 0 aromatic carbocycles. The lowest BCUT2D eigenvalue weighted by Crippen LogP contribution is -2.47. The Labute approximate surface area is 131 Å². The third-order valence-corrected chi connectivity index (χ3v) is 8.20. The predicted molar refractivity (Wildman–Crippen MR) is 91.1 cm³/mol. The van der Waals surface area contributed by atoms with E-state index < -0.39 is 20.0 Å². The Morgan fingerprint density at radius 1 is 1.19 bits per heavy atom. The fourth-order valence-corrected chi connectivity index (χ4v) is 2.28. The van der Waals surface area contributed by atoms with E-state index in [0.717, 1.165) is 5.57 Å². The van der Waals surface area contributed by atoms with Gasteiger partial charge in [-0.05, 0) is 45.8 Å². The van der Waals surface area contributed by atoms with Crippen LogP contribution in [0.15, 0.2) is 12.2 Å². The van der Waals surface area contributed by atoms with E-state index in [0.29, 0.717) is 6.61 Å². The number of ether oxygens (including phenoxy) is 1. The minimum absolute atomic E-state index is 0.137. The van der Waals surface area contributed by atoms with Crippen LogP contribution in [-0.2, 0) is 9.16 Å². The molecule has 4 nitrogen and oxygen atoms in total.